The summed E-state index contributed by atoms with van der Waals surface area (Å²) in [5.74, 6) is 1.37. The van der Waals surface area contributed by atoms with E-state index in [2.05, 4.69) is 15.5 Å². The van der Waals surface area contributed by atoms with E-state index in [4.69, 9.17) is 4.52 Å². The Kier molecular flexibility index (Phi) is 4.33. The molecule has 1 heterocycles. The van der Waals surface area contributed by atoms with Crippen LogP contribution < -0.4 is 5.32 Å². The quantitative estimate of drug-likeness (QED) is 0.844. The second kappa shape index (κ2) is 5.97. The molecule has 6 heteroatoms. The van der Waals surface area contributed by atoms with Crippen LogP contribution in [-0.4, -0.2) is 17.2 Å². The maximum atomic E-state index is 13.4. The predicted molar refractivity (Wildman–Crippen MR) is 67.7 cm³/mol. The lowest BCUT2D eigenvalue weighted by atomic mass is 10.3. The van der Waals surface area contributed by atoms with E-state index < -0.39 is 0 Å². The first-order valence-electron chi connectivity index (χ1n) is 5.57. The Balaban J connectivity index is 1.98. The van der Waals surface area contributed by atoms with Crippen LogP contribution in [0.3, 0.4) is 0 Å². The van der Waals surface area contributed by atoms with Crippen molar-refractivity contribution in [3.63, 3.8) is 0 Å². The molecule has 0 amide bonds. The molecule has 18 heavy (non-hydrogen) atoms. The molecule has 1 aromatic carbocycles. The molecule has 4 nitrogen and oxygen atoms in total. The molecular formula is C12H14FN3OS. The van der Waals surface area contributed by atoms with Gasteiger partial charge in [0.05, 0.1) is 11.8 Å². The first kappa shape index (κ1) is 13.0. The molecule has 0 spiro atoms. The van der Waals surface area contributed by atoms with Gasteiger partial charge in [0.25, 0.3) is 0 Å². The SMILES string of the molecule is CNC(C)c1nc(CSc2ccccc2F)no1. The lowest BCUT2D eigenvalue weighted by molar-refractivity contribution is 0.344. The van der Waals surface area contributed by atoms with Crippen molar-refractivity contribution in [2.75, 3.05) is 7.05 Å². The summed E-state index contributed by atoms with van der Waals surface area (Å²) >= 11 is 1.35. The number of benzene rings is 1. The third-order valence-electron chi connectivity index (χ3n) is 2.48. The summed E-state index contributed by atoms with van der Waals surface area (Å²) in [6, 6.07) is 6.66. The number of nitrogens with zero attached hydrogens (tertiary/aromatic N) is 2. The van der Waals surface area contributed by atoms with Crippen molar-refractivity contribution in [3.05, 3.63) is 41.8 Å². The van der Waals surface area contributed by atoms with Gasteiger partial charge in [-0.05, 0) is 26.1 Å². The second-order valence-electron chi connectivity index (χ2n) is 3.78. The van der Waals surface area contributed by atoms with Crippen LogP contribution in [-0.2, 0) is 5.75 Å². The summed E-state index contributed by atoms with van der Waals surface area (Å²) in [4.78, 5) is 4.83. The molecule has 0 aliphatic heterocycles. The van der Waals surface area contributed by atoms with Crippen molar-refractivity contribution >= 4 is 11.8 Å². The topological polar surface area (TPSA) is 51.0 Å². The van der Waals surface area contributed by atoms with Gasteiger partial charge in [-0.1, -0.05) is 17.3 Å². The largest absolute Gasteiger partial charge is 0.338 e. The van der Waals surface area contributed by atoms with Crippen LogP contribution >= 0.6 is 11.8 Å². The number of thioether (sulfide) groups is 1. The molecule has 2 rings (SSSR count). The average molecular weight is 267 g/mol. The molecule has 1 N–H and O–H groups in total. The highest BCUT2D eigenvalue weighted by Gasteiger charge is 2.12. The standard InChI is InChI=1S/C12H14FN3OS/c1-8(14-2)12-15-11(16-17-12)7-18-10-6-4-3-5-9(10)13/h3-6,8,14H,7H2,1-2H3. The Morgan fingerprint density at radius 3 is 2.94 bits per heavy atom. The summed E-state index contributed by atoms with van der Waals surface area (Å²) < 4.78 is 18.5. The van der Waals surface area contributed by atoms with Crippen molar-refractivity contribution in [3.8, 4) is 0 Å². The zero-order chi connectivity index (χ0) is 13.0. The van der Waals surface area contributed by atoms with Crippen LogP contribution in [0, 0.1) is 5.82 Å². The van der Waals surface area contributed by atoms with E-state index in [1.807, 2.05) is 14.0 Å². The predicted octanol–water partition coefficient (Wildman–Crippen LogP) is 2.78. The number of halogens is 1. The van der Waals surface area contributed by atoms with E-state index in [1.54, 1.807) is 18.2 Å². The highest BCUT2D eigenvalue weighted by Crippen LogP contribution is 2.24. The van der Waals surface area contributed by atoms with Crippen molar-refractivity contribution in [2.24, 2.45) is 0 Å². The summed E-state index contributed by atoms with van der Waals surface area (Å²) in [6.45, 7) is 1.93. The Morgan fingerprint density at radius 1 is 1.44 bits per heavy atom. The fourth-order valence-corrected chi connectivity index (χ4v) is 2.11. The Labute approximate surface area is 109 Å². The Morgan fingerprint density at radius 2 is 2.22 bits per heavy atom. The van der Waals surface area contributed by atoms with Gasteiger partial charge in [-0.2, -0.15) is 4.98 Å². The van der Waals surface area contributed by atoms with E-state index in [0.29, 0.717) is 22.4 Å². The molecule has 1 aromatic heterocycles. The zero-order valence-electron chi connectivity index (χ0n) is 10.2. The van der Waals surface area contributed by atoms with Gasteiger partial charge in [0.15, 0.2) is 5.82 Å². The van der Waals surface area contributed by atoms with E-state index >= 15 is 0 Å². The minimum Gasteiger partial charge on any atom is -0.338 e. The van der Waals surface area contributed by atoms with E-state index in [9.17, 15) is 4.39 Å². The number of aromatic nitrogens is 2. The summed E-state index contributed by atoms with van der Waals surface area (Å²) in [6.07, 6.45) is 0. The third kappa shape index (κ3) is 3.08. The highest BCUT2D eigenvalue weighted by atomic mass is 32.2. The maximum absolute atomic E-state index is 13.4. The fourth-order valence-electron chi connectivity index (χ4n) is 1.33. The van der Waals surface area contributed by atoms with Gasteiger partial charge < -0.3 is 9.84 Å². The number of rotatable bonds is 5. The molecule has 96 valence electrons. The zero-order valence-corrected chi connectivity index (χ0v) is 11.0. The van der Waals surface area contributed by atoms with Crippen LogP contribution in [0.1, 0.15) is 24.7 Å². The number of nitrogens with one attached hydrogen (secondary N) is 1. The maximum Gasteiger partial charge on any atom is 0.243 e. The van der Waals surface area contributed by atoms with Crippen LogP contribution in [0.25, 0.3) is 0 Å². The molecule has 2 aromatic rings. The van der Waals surface area contributed by atoms with Crippen molar-refractivity contribution < 1.29 is 8.91 Å². The molecular weight excluding hydrogens is 253 g/mol. The summed E-state index contributed by atoms with van der Waals surface area (Å²) in [5.41, 5.74) is 0. The smallest absolute Gasteiger partial charge is 0.243 e. The van der Waals surface area contributed by atoms with Gasteiger partial charge in [0.2, 0.25) is 5.89 Å². The molecule has 0 saturated heterocycles. The molecule has 1 atom stereocenters. The lowest BCUT2D eigenvalue weighted by Crippen LogP contribution is -2.12. The van der Waals surface area contributed by atoms with Gasteiger partial charge in [0.1, 0.15) is 5.82 Å². The highest BCUT2D eigenvalue weighted by molar-refractivity contribution is 7.98. The van der Waals surface area contributed by atoms with Gasteiger partial charge >= 0.3 is 0 Å². The normalized spacial score (nSPS) is 12.6. The molecule has 0 saturated carbocycles. The number of hydrogen-bond acceptors (Lipinski definition) is 5. The van der Waals surface area contributed by atoms with Gasteiger partial charge in [-0.25, -0.2) is 4.39 Å². The van der Waals surface area contributed by atoms with Crippen molar-refractivity contribution in [1.29, 1.82) is 0 Å². The minimum absolute atomic E-state index is 0.0183. The second-order valence-corrected chi connectivity index (χ2v) is 4.80. The van der Waals surface area contributed by atoms with Gasteiger partial charge in [-0.15, -0.1) is 11.8 Å². The molecule has 0 fully saturated rings. The van der Waals surface area contributed by atoms with E-state index in [0.717, 1.165) is 0 Å². The van der Waals surface area contributed by atoms with Gasteiger partial charge in [0, 0.05) is 4.90 Å². The molecule has 0 bridgehead atoms. The fraction of sp³-hybridized carbons (Fsp3) is 0.333. The van der Waals surface area contributed by atoms with E-state index in [-0.39, 0.29) is 11.9 Å². The van der Waals surface area contributed by atoms with Crippen LogP contribution in [0.4, 0.5) is 4.39 Å². The van der Waals surface area contributed by atoms with Crippen LogP contribution in [0.5, 0.6) is 0 Å². The summed E-state index contributed by atoms with van der Waals surface area (Å²) in [7, 11) is 1.82. The van der Waals surface area contributed by atoms with E-state index in [1.165, 1.54) is 17.8 Å². The average Bonchev–Trinajstić information content (AvgIpc) is 2.86. The monoisotopic (exact) mass is 267 g/mol. The molecule has 0 radical (unpaired) electrons. The minimum atomic E-state index is -0.227. The Hall–Kier alpha value is -1.40. The summed E-state index contributed by atoms with van der Waals surface area (Å²) in [5, 5.41) is 6.87. The molecule has 0 aliphatic rings. The Bertz CT molecular complexity index is 518. The molecule has 0 aliphatic carbocycles. The van der Waals surface area contributed by atoms with Crippen molar-refractivity contribution in [1.82, 2.24) is 15.5 Å². The first-order valence-corrected chi connectivity index (χ1v) is 6.56. The first-order chi connectivity index (χ1) is 8.70. The van der Waals surface area contributed by atoms with Crippen molar-refractivity contribution in [2.45, 2.75) is 23.6 Å². The third-order valence-corrected chi connectivity index (χ3v) is 3.53. The van der Waals surface area contributed by atoms with Crippen LogP contribution in [0.15, 0.2) is 33.7 Å². The number of hydrogen-bond donors (Lipinski definition) is 1. The lowest BCUT2D eigenvalue weighted by Gasteiger charge is -2.01. The van der Waals surface area contributed by atoms with Gasteiger partial charge in [-0.3, -0.25) is 0 Å². The molecule has 1 unspecified atom stereocenters. The van der Waals surface area contributed by atoms with Crippen LogP contribution in [0.2, 0.25) is 0 Å².